The Morgan fingerprint density at radius 1 is 1.40 bits per heavy atom. The summed E-state index contributed by atoms with van der Waals surface area (Å²) in [5, 5.41) is 3.38. The first-order valence-corrected chi connectivity index (χ1v) is 5.69. The van der Waals surface area contributed by atoms with Gasteiger partial charge in [-0.25, -0.2) is 0 Å². The molecule has 0 amide bonds. The second-order valence-electron chi connectivity index (χ2n) is 5.18. The van der Waals surface area contributed by atoms with Crippen LogP contribution in [-0.2, 0) is 4.79 Å². The smallest absolute Gasteiger partial charge is 0.158 e. The summed E-state index contributed by atoms with van der Waals surface area (Å²) in [4.78, 5) is 11.7. The molecule has 0 aromatic rings. The van der Waals surface area contributed by atoms with Gasteiger partial charge in [0.25, 0.3) is 0 Å². The van der Waals surface area contributed by atoms with E-state index >= 15 is 0 Å². The molecule has 1 N–H and O–H groups in total. The molecule has 0 aromatic heterocycles. The van der Waals surface area contributed by atoms with Crippen molar-refractivity contribution in [2.24, 2.45) is 5.41 Å². The zero-order chi connectivity index (χ0) is 11.1. The van der Waals surface area contributed by atoms with Crippen molar-refractivity contribution in [1.29, 1.82) is 0 Å². The molecule has 0 saturated carbocycles. The van der Waals surface area contributed by atoms with E-state index < -0.39 is 0 Å². The van der Waals surface area contributed by atoms with Crippen LogP contribution in [0.25, 0.3) is 0 Å². The first-order valence-electron chi connectivity index (χ1n) is 5.69. The number of rotatable bonds is 1. The lowest BCUT2D eigenvalue weighted by Crippen LogP contribution is -2.37. The van der Waals surface area contributed by atoms with E-state index in [0.29, 0.717) is 11.8 Å². The maximum atomic E-state index is 11.7. The molecule has 0 spiro atoms. The van der Waals surface area contributed by atoms with Gasteiger partial charge < -0.3 is 5.32 Å². The fraction of sp³-hybridized carbons (Fsp3) is 0.615. The molecule has 0 bridgehead atoms. The van der Waals surface area contributed by atoms with Crippen molar-refractivity contribution in [2.45, 2.75) is 46.1 Å². The van der Waals surface area contributed by atoms with Crippen molar-refractivity contribution in [3.63, 3.8) is 0 Å². The summed E-state index contributed by atoms with van der Waals surface area (Å²) in [5.41, 5.74) is 2.45. The zero-order valence-electron chi connectivity index (χ0n) is 9.76. The topological polar surface area (TPSA) is 29.1 Å². The first kappa shape index (κ1) is 10.5. The monoisotopic (exact) mass is 205 g/mol. The van der Waals surface area contributed by atoms with Gasteiger partial charge in [0.2, 0.25) is 0 Å². The maximum absolute atomic E-state index is 11.7. The van der Waals surface area contributed by atoms with Crippen LogP contribution in [0.3, 0.4) is 0 Å². The molecule has 15 heavy (non-hydrogen) atoms. The lowest BCUT2D eigenvalue weighted by Gasteiger charge is -2.32. The van der Waals surface area contributed by atoms with Crippen molar-refractivity contribution in [3.8, 4) is 0 Å². The maximum Gasteiger partial charge on any atom is 0.158 e. The largest absolute Gasteiger partial charge is 0.384 e. The van der Waals surface area contributed by atoms with Gasteiger partial charge in [0.1, 0.15) is 0 Å². The van der Waals surface area contributed by atoms with Gasteiger partial charge >= 0.3 is 0 Å². The lowest BCUT2D eigenvalue weighted by molar-refractivity contribution is -0.116. The number of carbonyl (C=O) groups excluding carboxylic acids is 1. The fourth-order valence-corrected chi connectivity index (χ4v) is 2.57. The Morgan fingerprint density at radius 2 is 2.13 bits per heavy atom. The van der Waals surface area contributed by atoms with Crippen molar-refractivity contribution in [3.05, 3.63) is 23.4 Å². The van der Waals surface area contributed by atoms with E-state index in [9.17, 15) is 4.79 Å². The third kappa shape index (κ3) is 1.73. The number of allylic oxidation sites excluding steroid dienone is 1. The molecule has 1 atom stereocenters. The molecule has 0 fully saturated rings. The number of Topliss-reactive ketones (excluding diaryl/α,β-unsaturated/α-hetero) is 1. The van der Waals surface area contributed by atoms with E-state index in [-0.39, 0.29) is 5.41 Å². The van der Waals surface area contributed by atoms with Crippen molar-refractivity contribution >= 4 is 5.78 Å². The molecule has 1 heterocycles. The van der Waals surface area contributed by atoms with Crippen molar-refractivity contribution in [1.82, 2.24) is 5.32 Å². The molecule has 2 nitrogen and oxygen atoms in total. The number of ketones is 1. The van der Waals surface area contributed by atoms with Gasteiger partial charge in [-0.05, 0) is 37.1 Å². The summed E-state index contributed by atoms with van der Waals surface area (Å²) >= 11 is 0. The molecule has 1 unspecified atom stereocenters. The van der Waals surface area contributed by atoms with Gasteiger partial charge in [0.15, 0.2) is 5.78 Å². The third-order valence-corrected chi connectivity index (χ3v) is 3.62. The Kier molecular flexibility index (Phi) is 2.45. The summed E-state index contributed by atoms with van der Waals surface area (Å²) in [7, 11) is 0. The molecule has 2 aliphatic rings. The van der Waals surface area contributed by atoms with E-state index in [2.05, 4.69) is 25.2 Å². The standard InChI is InChI=1S/C13H19NO/c1-9-10(5-4-6-11(9)15)12-13(2,3)7-8-14-12/h7-8,12,14H,4-6H2,1-3H3. The van der Waals surface area contributed by atoms with E-state index in [1.807, 2.05) is 13.1 Å². The van der Waals surface area contributed by atoms with E-state index in [0.717, 1.165) is 24.8 Å². The summed E-state index contributed by atoms with van der Waals surface area (Å²) in [6.07, 6.45) is 7.02. The van der Waals surface area contributed by atoms with Crippen LogP contribution in [0.15, 0.2) is 23.4 Å². The summed E-state index contributed by atoms with van der Waals surface area (Å²) in [5.74, 6) is 0.334. The SMILES string of the molecule is CC1=C(C2NC=CC2(C)C)CCCC1=O. The third-order valence-electron chi connectivity index (χ3n) is 3.62. The molecule has 0 radical (unpaired) electrons. The molecular weight excluding hydrogens is 186 g/mol. The second-order valence-corrected chi connectivity index (χ2v) is 5.18. The normalized spacial score (nSPS) is 29.5. The molecule has 82 valence electrons. The van der Waals surface area contributed by atoms with Crippen LogP contribution in [0, 0.1) is 5.41 Å². The van der Waals surface area contributed by atoms with E-state index in [4.69, 9.17) is 0 Å². The number of hydrogen-bond donors (Lipinski definition) is 1. The summed E-state index contributed by atoms with van der Waals surface area (Å²) in [6, 6.07) is 0.321. The summed E-state index contributed by atoms with van der Waals surface area (Å²) < 4.78 is 0. The van der Waals surface area contributed by atoms with Crippen LogP contribution < -0.4 is 5.32 Å². The molecule has 0 aromatic carbocycles. The van der Waals surface area contributed by atoms with E-state index in [1.165, 1.54) is 5.57 Å². The minimum Gasteiger partial charge on any atom is -0.384 e. The Balaban J connectivity index is 2.31. The van der Waals surface area contributed by atoms with Crippen LogP contribution in [-0.4, -0.2) is 11.8 Å². The number of carbonyl (C=O) groups is 1. The Hall–Kier alpha value is -1.05. The van der Waals surface area contributed by atoms with Gasteiger partial charge in [-0.1, -0.05) is 19.9 Å². The Morgan fingerprint density at radius 3 is 2.73 bits per heavy atom. The highest BCUT2D eigenvalue weighted by Crippen LogP contribution is 2.36. The highest BCUT2D eigenvalue weighted by atomic mass is 16.1. The molecule has 2 heteroatoms. The predicted octanol–water partition coefficient (Wildman–Crippen LogP) is 2.57. The van der Waals surface area contributed by atoms with Gasteiger partial charge in [-0.2, -0.15) is 0 Å². The van der Waals surface area contributed by atoms with Crippen LogP contribution in [0.2, 0.25) is 0 Å². The predicted molar refractivity (Wildman–Crippen MR) is 61.4 cm³/mol. The van der Waals surface area contributed by atoms with Crippen LogP contribution >= 0.6 is 0 Å². The first-order chi connectivity index (χ1) is 7.02. The molecule has 1 aliphatic heterocycles. The van der Waals surface area contributed by atoms with Crippen LogP contribution in [0.1, 0.15) is 40.0 Å². The molecule has 2 rings (SSSR count). The second kappa shape index (κ2) is 3.51. The van der Waals surface area contributed by atoms with Gasteiger partial charge in [0.05, 0.1) is 6.04 Å². The van der Waals surface area contributed by atoms with Crippen LogP contribution in [0.4, 0.5) is 0 Å². The quantitative estimate of drug-likeness (QED) is 0.713. The van der Waals surface area contributed by atoms with Crippen molar-refractivity contribution in [2.75, 3.05) is 0 Å². The molecule has 0 saturated heterocycles. The number of nitrogens with one attached hydrogen (secondary N) is 1. The minimum atomic E-state index is 0.133. The Bertz CT molecular complexity index is 350. The highest BCUT2D eigenvalue weighted by Gasteiger charge is 2.35. The minimum absolute atomic E-state index is 0.133. The van der Waals surface area contributed by atoms with Crippen molar-refractivity contribution < 1.29 is 4.79 Å². The summed E-state index contributed by atoms with van der Waals surface area (Å²) in [6.45, 7) is 6.41. The molecular formula is C13H19NO. The van der Waals surface area contributed by atoms with Gasteiger partial charge in [0, 0.05) is 11.8 Å². The van der Waals surface area contributed by atoms with Crippen LogP contribution in [0.5, 0.6) is 0 Å². The van der Waals surface area contributed by atoms with Gasteiger partial charge in [-0.15, -0.1) is 0 Å². The average molecular weight is 205 g/mol. The highest BCUT2D eigenvalue weighted by molar-refractivity contribution is 5.96. The zero-order valence-corrected chi connectivity index (χ0v) is 9.76. The Labute approximate surface area is 91.4 Å². The number of hydrogen-bond acceptors (Lipinski definition) is 2. The van der Waals surface area contributed by atoms with Gasteiger partial charge in [-0.3, -0.25) is 4.79 Å². The average Bonchev–Trinajstić information content (AvgIpc) is 2.50. The lowest BCUT2D eigenvalue weighted by atomic mass is 9.76. The molecule has 1 aliphatic carbocycles. The fourth-order valence-electron chi connectivity index (χ4n) is 2.57. The van der Waals surface area contributed by atoms with E-state index in [1.54, 1.807) is 0 Å².